The van der Waals surface area contributed by atoms with Crippen LogP contribution in [0.3, 0.4) is 0 Å². The van der Waals surface area contributed by atoms with E-state index in [-0.39, 0.29) is 5.56 Å². The van der Waals surface area contributed by atoms with Gasteiger partial charge in [-0.2, -0.15) is 0 Å². The van der Waals surface area contributed by atoms with E-state index in [9.17, 15) is 4.79 Å². The first-order valence-corrected chi connectivity index (χ1v) is 7.94. The van der Waals surface area contributed by atoms with Gasteiger partial charge >= 0.3 is 5.97 Å². The average Bonchev–Trinajstić information content (AvgIpc) is 2.63. The fourth-order valence-electron chi connectivity index (χ4n) is 2.50. The molecule has 2 aromatic rings. The van der Waals surface area contributed by atoms with E-state index in [4.69, 9.17) is 15.6 Å². The lowest BCUT2D eigenvalue weighted by molar-refractivity contribution is 0.0697. The lowest BCUT2D eigenvalue weighted by atomic mass is 9.99. The topological polar surface area (TPSA) is 84.9 Å². The predicted octanol–water partition coefficient (Wildman–Crippen LogP) is 4.06. The van der Waals surface area contributed by atoms with E-state index in [1.165, 1.54) is 12.1 Å². The number of aromatic carboxylic acids is 1. The number of allylic oxidation sites excluding steroid dienone is 3. The van der Waals surface area contributed by atoms with Crippen LogP contribution in [0.15, 0.2) is 83.2 Å². The summed E-state index contributed by atoms with van der Waals surface area (Å²) in [5, 5.41) is 8.97. The summed E-state index contributed by atoms with van der Waals surface area (Å²) in [7, 11) is 0. The summed E-state index contributed by atoms with van der Waals surface area (Å²) in [5.41, 5.74) is 8.61. The summed E-state index contributed by atoms with van der Waals surface area (Å²) in [4.78, 5) is 15.5. The number of aliphatic imine (C=N–C) groups is 1. The Hall–Kier alpha value is -3.34. The molecule has 0 aromatic heterocycles. The molecule has 126 valence electrons. The van der Waals surface area contributed by atoms with Gasteiger partial charge in [0.25, 0.3) is 0 Å². The van der Waals surface area contributed by atoms with Crippen LogP contribution in [0.2, 0.25) is 0 Å². The minimum absolute atomic E-state index is 0.232. The van der Waals surface area contributed by atoms with Crippen LogP contribution in [0.25, 0.3) is 0 Å². The van der Waals surface area contributed by atoms with Gasteiger partial charge in [-0.3, -0.25) is 4.99 Å². The molecule has 25 heavy (non-hydrogen) atoms. The SMILES string of the molecule is NC(Oc1ccccc1)=C1C=CCCC1=Nc1ccc(C(=O)O)cc1. The van der Waals surface area contributed by atoms with Crippen molar-refractivity contribution < 1.29 is 14.6 Å². The molecule has 0 heterocycles. The highest BCUT2D eigenvalue weighted by molar-refractivity contribution is 6.05. The van der Waals surface area contributed by atoms with Gasteiger partial charge in [0, 0.05) is 0 Å². The van der Waals surface area contributed by atoms with Gasteiger partial charge < -0.3 is 15.6 Å². The summed E-state index contributed by atoms with van der Waals surface area (Å²) in [6, 6.07) is 15.8. The molecule has 0 unspecified atom stereocenters. The fraction of sp³-hybridized carbons (Fsp3) is 0.100. The lowest BCUT2D eigenvalue weighted by Gasteiger charge is -2.15. The predicted molar refractivity (Wildman–Crippen MR) is 97.2 cm³/mol. The third kappa shape index (κ3) is 4.14. The maximum atomic E-state index is 10.9. The molecule has 5 nitrogen and oxygen atoms in total. The van der Waals surface area contributed by atoms with E-state index in [2.05, 4.69) is 4.99 Å². The number of para-hydroxylation sites is 1. The molecule has 3 N–H and O–H groups in total. The van der Waals surface area contributed by atoms with Crippen molar-refractivity contribution in [1.29, 1.82) is 0 Å². The lowest BCUT2D eigenvalue weighted by Crippen LogP contribution is -2.16. The first kappa shape index (κ1) is 16.5. The normalized spacial score (nSPS) is 17.4. The van der Waals surface area contributed by atoms with Crippen molar-refractivity contribution in [3.05, 3.63) is 83.8 Å². The Balaban J connectivity index is 1.89. The van der Waals surface area contributed by atoms with Crippen LogP contribution in [0, 0.1) is 0 Å². The molecule has 0 saturated heterocycles. The molecule has 0 bridgehead atoms. The van der Waals surface area contributed by atoms with Gasteiger partial charge in [0.15, 0.2) is 5.88 Å². The Morgan fingerprint density at radius 3 is 2.48 bits per heavy atom. The fourth-order valence-corrected chi connectivity index (χ4v) is 2.50. The number of nitrogens with zero attached hydrogens (tertiary/aromatic N) is 1. The van der Waals surface area contributed by atoms with Crippen molar-refractivity contribution in [1.82, 2.24) is 0 Å². The Morgan fingerprint density at radius 2 is 1.80 bits per heavy atom. The highest BCUT2D eigenvalue weighted by Crippen LogP contribution is 2.23. The van der Waals surface area contributed by atoms with Gasteiger partial charge in [-0.1, -0.05) is 30.4 Å². The summed E-state index contributed by atoms with van der Waals surface area (Å²) >= 11 is 0. The third-order valence-electron chi connectivity index (χ3n) is 3.76. The largest absolute Gasteiger partial charge is 0.478 e. The molecule has 0 aliphatic heterocycles. The molecule has 2 aromatic carbocycles. The van der Waals surface area contributed by atoms with Gasteiger partial charge in [-0.15, -0.1) is 0 Å². The van der Waals surface area contributed by atoms with E-state index < -0.39 is 5.97 Å². The van der Waals surface area contributed by atoms with Gasteiger partial charge in [-0.05, 0) is 49.2 Å². The van der Waals surface area contributed by atoms with E-state index in [0.29, 0.717) is 17.3 Å². The molecule has 5 heteroatoms. The average molecular weight is 334 g/mol. The Bertz CT molecular complexity index is 850. The molecule has 1 aliphatic carbocycles. The summed E-state index contributed by atoms with van der Waals surface area (Å²) < 4.78 is 5.72. The maximum absolute atomic E-state index is 10.9. The third-order valence-corrected chi connectivity index (χ3v) is 3.76. The van der Waals surface area contributed by atoms with Crippen LogP contribution in [0.5, 0.6) is 5.75 Å². The molecule has 0 spiro atoms. The number of carboxylic acids is 1. The maximum Gasteiger partial charge on any atom is 0.335 e. The minimum atomic E-state index is -0.958. The molecule has 1 aliphatic rings. The van der Waals surface area contributed by atoms with Gasteiger partial charge in [0.05, 0.1) is 22.5 Å². The van der Waals surface area contributed by atoms with Crippen LogP contribution < -0.4 is 10.5 Å². The van der Waals surface area contributed by atoms with Crippen LogP contribution in [-0.2, 0) is 0 Å². The summed E-state index contributed by atoms with van der Waals surface area (Å²) in [5.74, 6) is 0.000541. The molecule has 0 saturated carbocycles. The quantitative estimate of drug-likeness (QED) is 0.826. The highest BCUT2D eigenvalue weighted by atomic mass is 16.5. The summed E-state index contributed by atoms with van der Waals surface area (Å²) in [6.07, 6.45) is 5.55. The van der Waals surface area contributed by atoms with Gasteiger partial charge in [0.1, 0.15) is 5.75 Å². The zero-order valence-electron chi connectivity index (χ0n) is 13.6. The van der Waals surface area contributed by atoms with Crippen molar-refractivity contribution in [3.63, 3.8) is 0 Å². The van der Waals surface area contributed by atoms with Crippen molar-refractivity contribution in [2.75, 3.05) is 0 Å². The molecule has 3 rings (SSSR count). The minimum Gasteiger partial charge on any atom is -0.478 e. The van der Waals surface area contributed by atoms with Gasteiger partial charge in [-0.25, -0.2) is 4.79 Å². The second-order valence-electron chi connectivity index (χ2n) is 5.54. The number of benzene rings is 2. The van der Waals surface area contributed by atoms with Crippen molar-refractivity contribution in [2.45, 2.75) is 12.8 Å². The smallest absolute Gasteiger partial charge is 0.335 e. The van der Waals surface area contributed by atoms with E-state index >= 15 is 0 Å². The van der Waals surface area contributed by atoms with Gasteiger partial charge in [0.2, 0.25) is 0 Å². The number of rotatable bonds is 4. The molecular weight excluding hydrogens is 316 g/mol. The molecule has 0 amide bonds. The molecule has 0 radical (unpaired) electrons. The van der Waals surface area contributed by atoms with Crippen LogP contribution in [0.1, 0.15) is 23.2 Å². The van der Waals surface area contributed by atoms with Crippen molar-refractivity contribution in [3.8, 4) is 5.75 Å². The number of hydrogen-bond donors (Lipinski definition) is 2. The standard InChI is InChI=1S/C20H18N2O3/c21-19(25-16-6-2-1-3-7-16)17-8-4-5-9-18(17)22-15-12-10-14(11-13-15)20(23)24/h1-4,6-8,10-13H,5,9,21H2,(H,23,24). The number of ether oxygens (including phenoxy) is 1. The van der Waals surface area contributed by atoms with Crippen molar-refractivity contribution >= 4 is 17.4 Å². The highest BCUT2D eigenvalue weighted by Gasteiger charge is 2.14. The Kier molecular flexibility index (Phi) is 4.95. The first-order chi connectivity index (χ1) is 12.1. The number of hydrogen-bond acceptors (Lipinski definition) is 4. The monoisotopic (exact) mass is 334 g/mol. The van der Waals surface area contributed by atoms with Crippen LogP contribution in [0.4, 0.5) is 5.69 Å². The Morgan fingerprint density at radius 1 is 1.08 bits per heavy atom. The molecular formula is C20H18N2O3. The Labute approximate surface area is 145 Å². The zero-order valence-corrected chi connectivity index (χ0v) is 13.6. The summed E-state index contributed by atoms with van der Waals surface area (Å²) in [6.45, 7) is 0. The van der Waals surface area contributed by atoms with E-state index in [1.54, 1.807) is 12.1 Å². The van der Waals surface area contributed by atoms with Crippen LogP contribution >= 0.6 is 0 Å². The number of nitrogens with two attached hydrogens (primary N) is 1. The first-order valence-electron chi connectivity index (χ1n) is 7.94. The second-order valence-corrected chi connectivity index (χ2v) is 5.54. The molecule has 0 atom stereocenters. The van der Waals surface area contributed by atoms with Crippen LogP contribution in [-0.4, -0.2) is 16.8 Å². The molecule has 0 fully saturated rings. The number of carboxylic acid groups (broad SMARTS) is 1. The van der Waals surface area contributed by atoms with E-state index in [1.807, 2.05) is 42.5 Å². The number of carbonyl (C=O) groups is 1. The van der Waals surface area contributed by atoms with Crippen molar-refractivity contribution in [2.24, 2.45) is 10.7 Å². The zero-order chi connectivity index (χ0) is 17.6. The second kappa shape index (κ2) is 7.49. The van der Waals surface area contributed by atoms with E-state index in [0.717, 1.165) is 24.1 Å².